The third-order valence-electron chi connectivity index (χ3n) is 3.34. The molecule has 0 aliphatic carbocycles. The molecular weight excluding hydrogens is 395 g/mol. The van der Waals surface area contributed by atoms with E-state index in [-0.39, 0.29) is 11.9 Å². The molecule has 0 saturated carbocycles. The SMILES string of the molecule is CC(C)(C)OC(=O)NC(=O)[C@H]1CCCN1c1ccc(I)cc1. The standard InChI is InChI=1S/C16H21IN2O3/c1-16(2,3)22-15(21)18-14(20)13-5-4-10-19(13)12-8-6-11(17)7-9-12/h6-9,13H,4-5,10H2,1-3H3,(H,18,20,21)/t13-/m1/s1. The number of halogens is 1. The monoisotopic (exact) mass is 416 g/mol. The van der Waals surface area contributed by atoms with E-state index in [9.17, 15) is 9.59 Å². The molecule has 120 valence electrons. The molecular formula is C16H21IN2O3. The molecule has 5 nitrogen and oxygen atoms in total. The lowest BCUT2D eigenvalue weighted by Gasteiger charge is -2.26. The lowest BCUT2D eigenvalue weighted by molar-refractivity contribution is -0.121. The van der Waals surface area contributed by atoms with Crippen LogP contribution in [0, 0.1) is 3.57 Å². The van der Waals surface area contributed by atoms with Crippen LogP contribution in [0.5, 0.6) is 0 Å². The van der Waals surface area contributed by atoms with Crippen LogP contribution in [0.2, 0.25) is 0 Å². The van der Waals surface area contributed by atoms with Gasteiger partial charge in [-0.1, -0.05) is 0 Å². The average Bonchev–Trinajstić information content (AvgIpc) is 2.86. The number of hydrogen-bond acceptors (Lipinski definition) is 4. The number of imide groups is 1. The van der Waals surface area contributed by atoms with Gasteiger partial charge in [-0.05, 0) is 80.5 Å². The summed E-state index contributed by atoms with van der Waals surface area (Å²) < 4.78 is 6.28. The largest absolute Gasteiger partial charge is 0.444 e. The molecule has 1 saturated heterocycles. The molecule has 0 aromatic heterocycles. The Kier molecular flexibility index (Phi) is 5.31. The Morgan fingerprint density at radius 3 is 2.50 bits per heavy atom. The predicted molar refractivity (Wildman–Crippen MR) is 93.9 cm³/mol. The van der Waals surface area contributed by atoms with Gasteiger partial charge >= 0.3 is 6.09 Å². The summed E-state index contributed by atoms with van der Waals surface area (Å²) in [5, 5.41) is 2.35. The second-order valence-electron chi connectivity index (χ2n) is 6.32. The zero-order valence-electron chi connectivity index (χ0n) is 13.1. The molecule has 0 radical (unpaired) electrons. The highest BCUT2D eigenvalue weighted by atomic mass is 127. The second-order valence-corrected chi connectivity index (χ2v) is 7.56. The Morgan fingerprint density at radius 1 is 1.27 bits per heavy atom. The van der Waals surface area contributed by atoms with Gasteiger partial charge in [-0.15, -0.1) is 0 Å². The van der Waals surface area contributed by atoms with Crippen LogP contribution in [0.1, 0.15) is 33.6 Å². The van der Waals surface area contributed by atoms with Crippen LogP contribution in [0.3, 0.4) is 0 Å². The fourth-order valence-electron chi connectivity index (χ4n) is 2.47. The number of carbonyl (C=O) groups is 2. The Bertz CT molecular complexity index is 552. The Labute approximate surface area is 144 Å². The van der Waals surface area contributed by atoms with E-state index in [2.05, 4.69) is 27.9 Å². The summed E-state index contributed by atoms with van der Waals surface area (Å²) in [5.74, 6) is -0.301. The number of hydrogen-bond donors (Lipinski definition) is 1. The van der Waals surface area contributed by atoms with Gasteiger partial charge in [0.05, 0.1) is 0 Å². The van der Waals surface area contributed by atoms with Gasteiger partial charge in [0, 0.05) is 15.8 Å². The molecule has 6 heteroatoms. The number of alkyl carbamates (subject to hydrolysis) is 1. The molecule has 1 aromatic carbocycles. The molecule has 2 rings (SSSR count). The van der Waals surface area contributed by atoms with Gasteiger partial charge in [0.25, 0.3) is 5.91 Å². The average molecular weight is 416 g/mol. The van der Waals surface area contributed by atoms with Crippen molar-refractivity contribution < 1.29 is 14.3 Å². The maximum absolute atomic E-state index is 12.3. The molecule has 1 aromatic rings. The number of anilines is 1. The molecule has 1 fully saturated rings. The summed E-state index contributed by atoms with van der Waals surface area (Å²) in [4.78, 5) is 26.1. The zero-order chi connectivity index (χ0) is 16.3. The summed E-state index contributed by atoms with van der Waals surface area (Å²) in [6.07, 6.45) is 0.978. The first-order valence-corrected chi connectivity index (χ1v) is 8.40. The van der Waals surface area contributed by atoms with E-state index < -0.39 is 11.7 Å². The maximum atomic E-state index is 12.3. The highest BCUT2D eigenvalue weighted by Gasteiger charge is 2.32. The lowest BCUT2D eigenvalue weighted by Crippen LogP contribution is -2.47. The van der Waals surface area contributed by atoms with Crippen molar-refractivity contribution >= 4 is 40.3 Å². The summed E-state index contributed by atoms with van der Waals surface area (Å²) in [6.45, 7) is 6.12. The van der Waals surface area contributed by atoms with E-state index in [1.54, 1.807) is 20.8 Å². The summed E-state index contributed by atoms with van der Waals surface area (Å²) >= 11 is 2.25. The Balaban J connectivity index is 2.02. The normalized spacial score (nSPS) is 18.2. The van der Waals surface area contributed by atoms with Crippen LogP contribution in [0.25, 0.3) is 0 Å². The molecule has 2 amide bonds. The molecule has 0 spiro atoms. The first-order chi connectivity index (χ1) is 10.3. The van der Waals surface area contributed by atoms with Crippen molar-refractivity contribution in [2.24, 2.45) is 0 Å². The quantitative estimate of drug-likeness (QED) is 0.752. The molecule has 22 heavy (non-hydrogen) atoms. The minimum absolute atomic E-state index is 0.301. The fourth-order valence-corrected chi connectivity index (χ4v) is 2.83. The first-order valence-electron chi connectivity index (χ1n) is 7.32. The summed E-state index contributed by atoms with van der Waals surface area (Å²) in [6, 6.07) is 7.70. The molecule has 1 N–H and O–H groups in total. The van der Waals surface area contributed by atoms with Gasteiger partial charge in [-0.3, -0.25) is 10.1 Å². The van der Waals surface area contributed by atoms with E-state index in [0.717, 1.165) is 28.6 Å². The third-order valence-corrected chi connectivity index (χ3v) is 4.06. The zero-order valence-corrected chi connectivity index (χ0v) is 15.2. The van der Waals surface area contributed by atoms with E-state index in [0.29, 0.717) is 0 Å². The van der Waals surface area contributed by atoms with Crippen LogP contribution < -0.4 is 10.2 Å². The number of nitrogens with zero attached hydrogens (tertiary/aromatic N) is 1. The lowest BCUT2D eigenvalue weighted by atomic mass is 10.2. The van der Waals surface area contributed by atoms with Crippen molar-refractivity contribution in [1.82, 2.24) is 5.32 Å². The number of carbonyl (C=O) groups excluding carboxylic acids is 2. The van der Waals surface area contributed by atoms with Gasteiger partial charge in [-0.25, -0.2) is 4.79 Å². The van der Waals surface area contributed by atoms with E-state index in [1.807, 2.05) is 29.2 Å². The summed E-state index contributed by atoms with van der Waals surface area (Å²) in [5.41, 5.74) is 0.387. The molecule has 1 aliphatic heterocycles. The fraction of sp³-hybridized carbons (Fsp3) is 0.500. The van der Waals surface area contributed by atoms with Crippen LogP contribution >= 0.6 is 22.6 Å². The molecule has 1 heterocycles. The summed E-state index contributed by atoms with van der Waals surface area (Å²) in [7, 11) is 0. The van der Waals surface area contributed by atoms with Gasteiger partial charge in [0.15, 0.2) is 0 Å². The highest BCUT2D eigenvalue weighted by molar-refractivity contribution is 14.1. The number of benzene rings is 1. The van der Waals surface area contributed by atoms with Crippen molar-refractivity contribution in [1.29, 1.82) is 0 Å². The maximum Gasteiger partial charge on any atom is 0.414 e. The van der Waals surface area contributed by atoms with Crippen molar-refractivity contribution in [3.8, 4) is 0 Å². The predicted octanol–water partition coefficient (Wildman–Crippen LogP) is 3.31. The van der Waals surface area contributed by atoms with Crippen molar-refractivity contribution in [2.75, 3.05) is 11.4 Å². The third kappa shape index (κ3) is 4.59. The van der Waals surface area contributed by atoms with Gasteiger partial charge in [0.1, 0.15) is 11.6 Å². The van der Waals surface area contributed by atoms with Crippen LogP contribution in [-0.4, -0.2) is 30.2 Å². The molecule has 1 atom stereocenters. The topological polar surface area (TPSA) is 58.6 Å². The van der Waals surface area contributed by atoms with Crippen LogP contribution in [0.4, 0.5) is 10.5 Å². The van der Waals surface area contributed by atoms with E-state index in [4.69, 9.17) is 4.74 Å². The van der Waals surface area contributed by atoms with Gasteiger partial charge in [-0.2, -0.15) is 0 Å². The minimum Gasteiger partial charge on any atom is -0.444 e. The number of nitrogens with one attached hydrogen (secondary N) is 1. The Hall–Kier alpha value is -1.31. The smallest absolute Gasteiger partial charge is 0.414 e. The second kappa shape index (κ2) is 6.85. The van der Waals surface area contributed by atoms with Crippen LogP contribution in [0.15, 0.2) is 24.3 Å². The van der Waals surface area contributed by atoms with Crippen molar-refractivity contribution in [3.63, 3.8) is 0 Å². The first kappa shape index (κ1) is 17.1. The number of ether oxygens (including phenoxy) is 1. The van der Waals surface area contributed by atoms with E-state index >= 15 is 0 Å². The minimum atomic E-state index is -0.688. The number of amides is 2. The number of rotatable bonds is 2. The van der Waals surface area contributed by atoms with Gasteiger partial charge in [0.2, 0.25) is 0 Å². The highest BCUT2D eigenvalue weighted by Crippen LogP contribution is 2.26. The molecule has 0 unspecified atom stereocenters. The van der Waals surface area contributed by atoms with E-state index in [1.165, 1.54) is 0 Å². The Morgan fingerprint density at radius 2 is 1.91 bits per heavy atom. The van der Waals surface area contributed by atoms with Crippen molar-refractivity contribution in [2.45, 2.75) is 45.3 Å². The molecule has 1 aliphatic rings. The van der Waals surface area contributed by atoms with Gasteiger partial charge < -0.3 is 9.64 Å². The van der Waals surface area contributed by atoms with Crippen molar-refractivity contribution in [3.05, 3.63) is 27.8 Å². The molecule has 0 bridgehead atoms. The van der Waals surface area contributed by atoms with Crippen LogP contribution in [-0.2, 0) is 9.53 Å².